The van der Waals surface area contributed by atoms with E-state index in [9.17, 15) is 9.90 Å². The second kappa shape index (κ2) is 3.07. The third-order valence-electron chi connectivity index (χ3n) is 5.05. The van der Waals surface area contributed by atoms with Gasteiger partial charge in [0.1, 0.15) is 6.10 Å². The molecular weight excluding hydrogens is 188 g/mol. The van der Waals surface area contributed by atoms with Crippen molar-refractivity contribution in [3.63, 3.8) is 0 Å². The molecule has 0 aromatic carbocycles. The van der Waals surface area contributed by atoms with Gasteiger partial charge in [0.2, 0.25) is 0 Å². The van der Waals surface area contributed by atoms with E-state index in [-0.39, 0.29) is 11.2 Å². The van der Waals surface area contributed by atoms with Crippen LogP contribution in [0, 0.1) is 23.2 Å². The molecule has 0 radical (unpaired) electrons. The summed E-state index contributed by atoms with van der Waals surface area (Å²) in [5.41, 5.74) is -0.0133. The topological polar surface area (TPSA) is 37.3 Å². The van der Waals surface area contributed by atoms with Gasteiger partial charge in [-0.15, -0.1) is 0 Å². The Kier molecular flexibility index (Phi) is 2.01. The molecule has 4 aliphatic carbocycles. The van der Waals surface area contributed by atoms with Crippen molar-refractivity contribution < 1.29 is 9.90 Å². The van der Waals surface area contributed by atoms with Gasteiger partial charge in [-0.3, -0.25) is 4.79 Å². The van der Waals surface area contributed by atoms with Gasteiger partial charge in [0.15, 0.2) is 5.78 Å². The molecule has 0 saturated heterocycles. The summed E-state index contributed by atoms with van der Waals surface area (Å²) in [6, 6.07) is 0. The van der Waals surface area contributed by atoms with Crippen LogP contribution in [-0.4, -0.2) is 17.0 Å². The molecule has 2 nitrogen and oxygen atoms in total. The van der Waals surface area contributed by atoms with E-state index in [1.165, 1.54) is 19.3 Å². The van der Waals surface area contributed by atoms with Gasteiger partial charge < -0.3 is 5.11 Å². The van der Waals surface area contributed by atoms with E-state index in [0.717, 1.165) is 37.0 Å². The lowest BCUT2D eigenvalue weighted by Gasteiger charge is -2.58. The molecule has 4 rings (SSSR count). The van der Waals surface area contributed by atoms with Gasteiger partial charge in [0.25, 0.3) is 0 Å². The number of Topliss-reactive ketones (excluding diaryl/α,β-unsaturated/α-hetero) is 1. The van der Waals surface area contributed by atoms with Crippen LogP contribution in [-0.2, 0) is 4.79 Å². The van der Waals surface area contributed by atoms with Crippen molar-refractivity contribution in [2.75, 3.05) is 0 Å². The van der Waals surface area contributed by atoms with Gasteiger partial charge in [-0.05, 0) is 63.2 Å². The highest BCUT2D eigenvalue weighted by molar-refractivity contribution is 5.81. The zero-order valence-electron chi connectivity index (χ0n) is 9.41. The largest absolute Gasteiger partial charge is 0.385 e. The van der Waals surface area contributed by atoms with E-state index < -0.39 is 6.10 Å². The van der Waals surface area contributed by atoms with Crippen molar-refractivity contribution in [1.29, 1.82) is 0 Å². The van der Waals surface area contributed by atoms with Crippen LogP contribution in [0.4, 0.5) is 0 Å². The van der Waals surface area contributed by atoms with Crippen LogP contribution in [0.15, 0.2) is 0 Å². The Bertz CT molecular complexity index is 260. The molecule has 0 unspecified atom stereocenters. The number of ketones is 1. The predicted octanol–water partition coefficient (Wildman–Crippen LogP) is 2.15. The van der Waals surface area contributed by atoms with Crippen molar-refractivity contribution in [1.82, 2.24) is 0 Å². The molecule has 0 amide bonds. The molecule has 2 heteroatoms. The van der Waals surface area contributed by atoms with E-state index in [2.05, 4.69) is 0 Å². The fourth-order valence-corrected chi connectivity index (χ4v) is 4.94. The first-order valence-electron chi connectivity index (χ1n) is 6.27. The molecule has 4 fully saturated rings. The molecule has 1 N–H and O–H groups in total. The highest BCUT2D eigenvalue weighted by Gasteiger charge is 2.54. The third kappa shape index (κ3) is 1.37. The Labute approximate surface area is 91.1 Å². The van der Waals surface area contributed by atoms with Gasteiger partial charge >= 0.3 is 0 Å². The second-order valence-corrected chi connectivity index (χ2v) is 6.29. The minimum atomic E-state index is -0.675. The smallest absolute Gasteiger partial charge is 0.158 e. The van der Waals surface area contributed by atoms with Gasteiger partial charge in [-0.1, -0.05) is 0 Å². The second-order valence-electron chi connectivity index (χ2n) is 6.29. The lowest BCUT2D eigenvalue weighted by molar-refractivity contribution is -0.151. The maximum atomic E-state index is 11.4. The van der Waals surface area contributed by atoms with Crippen molar-refractivity contribution >= 4 is 5.78 Å². The van der Waals surface area contributed by atoms with Crippen LogP contribution in [0.25, 0.3) is 0 Å². The Hall–Kier alpha value is -0.370. The molecule has 0 aromatic rings. The van der Waals surface area contributed by atoms with Crippen LogP contribution in [0.5, 0.6) is 0 Å². The quantitative estimate of drug-likeness (QED) is 0.755. The molecular formula is C13H20O2. The van der Waals surface area contributed by atoms with Gasteiger partial charge in [-0.2, -0.15) is 0 Å². The molecule has 1 atom stereocenters. The monoisotopic (exact) mass is 208 g/mol. The number of rotatable bonds is 2. The summed E-state index contributed by atoms with van der Waals surface area (Å²) in [4.78, 5) is 11.4. The van der Waals surface area contributed by atoms with Crippen molar-refractivity contribution in [3.05, 3.63) is 0 Å². The number of aliphatic hydroxyl groups is 1. The molecule has 0 aromatic heterocycles. The average molecular weight is 208 g/mol. The molecule has 4 aliphatic rings. The van der Waals surface area contributed by atoms with Gasteiger partial charge in [-0.25, -0.2) is 0 Å². The summed E-state index contributed by atoms with van der Waals surface area (Å²) >= 11 is 0. The molecule has 0 heterocycles. The lowest BCUT2D eigenvalue weighted by Crippen LogP contribution is -2.53. The zero-order valence-corrected chi connectivity index (χ0v) is 9.41. The van der Waals surface area contributed by atoms with E-state index in [1.54, 1.807) is 6.92 Å². The first kappa shape index (κ1) is 9.83. The minimum Gasteiger partial charge on any atom is -0.385 e. The summed E-state index contributed by atoms with van der Waals surface area (Å²) in [6.07, 6.45) is 6.75. The van der Waals surface area contributed by atoms with Crippen LogP contribution >= 0.6 is 0 Å². The molecule has 15 heavy (non-hydrogen) atoms. The van der Waals surface area contributed by atoms with Crippen LogP contribution in [0.1, 0.15) is 45.4 Å². The van der Waals surface area contributed by atoms with Crippen molar-refractivity contribution in [3.8, 4) is 0 Å². The summed E-state index contributed by atoms with van der Waals surface area (Å²) < 4.78 is 0. The van der Waals surface area contributed by atoms with Gasteiger partial charge in [0.05, 0.1) is 0 Å². The number of aliphatic hydroxyl groups excluding tert-OH is 1. The Morgan fingerprint density at radius 1 is 1.13 bits per heavy atom. The summed E-state index contributed by atoms with van der Waals surface area (Å²) in [6.45, 7) is 1.54. The number of hydrogen-bond acceptors (Lipinski definition) is 2. The van der Waals surface area contributed by atoms with E-state index in [4.69, 9.17) is 0 Å². The van der Waals surface area contributed by atoms with Crippen molar-refractivity contribution in [2.45, 2.75) is 51.6 Å². The normalized spacial score (nSPS) is 49.3. The lowest BCUT2D eigenvalue weighted by atomic mass is 9.48. The van der Waals surface area contributed by atoms with Crippen LogP contribution < -0.4 is 0 Å². The SMILES string of the molecule is CC(=O)[C@@H](O)C12CC3CC(CC(C3)C1)C2. The van der Waals surface area contributed by atoms with Crippen LogP contribution in [0.2, 0.25) is 0 Å². The summed E-state index contributed by atoms with van der Waals surface area (Å²) in [5.74, 6) is 2.41. The molecule has 4 bridgehead atoms. The third-order valence-corrected chi connectivity index (χ3v) is 5.05. The number of carbonyl (C=O) groups is 1. The van der Waals surface area contributed by atoms with Crippen LogP contribution in [0.3, 0.4) is 0 Å². The standard InChI is InChI=1S/C13H20O2/c1-8(14)12(15)13-5-9-2-10(6-13)4-11(3-9)7-13/h9-12,15H,2-7H2,1H3/t9?,10?,11?,12-,13?/m1/s1. The fourth-order valence-electron chi connectivity index (χ4n) is 4.94. The highest BCUT2D eigenvalue weighted by atomic mass is 16.3. The molecule has 0 spiro atoms. The van der Waals surface area contributed by atoms with E-state index >= 15 is 0 Å². The fraction of sp³-hybridized carbons (Fsp3) is 0.923. The predicted molar refractivity (Wildman–Crippen MR) is 57.3 cm³/mol. The number of hydrogen-bond donors (Lipinski definition) is 1. The average Bonchev–Trinajstić information content (AvgIpc) is 2.14. The Morgan fingerprint density at radius 3 is 1.87 bits per heavy atom. The maximum Gasteiger partial charge on any atom is 0.158 e. The maximum absolute atomic E-state index is 11.4. The summed E-state index contributed by atoms with van der Waals surface area (Å²) in [7, 11) is 0. The first-order valence-corrected chi connectivity index (χ1v) is 6.27. The van der Waals surface area contributed by atoms with Gasteiger partial charge in [0, 0.05) is 5.41 Å². The van der Waals surface area contributed by atoms with E-state index in [0.29, 0.717) is 0 Å². The van der Waals surface area contributed by atoms with Crippen molar-refractivity contribution in [2.24, 2.45) is 23.2 Å². The first-order chi connectivity index (χ1) is 7.09. The highest BCUT2D eigenvalue weighted by Crippen LogP contribution is 2.61. The molecule has 84 valence electrons. The molecule has 0 aliphatic heterocycles. The zero-order chi connectivity index (χ0) is 10.6. The number of carbonyl (C=O) groups excluding carboxylic acids is 1. The summed E-state index contributed by atoms with van der Waals surface area (Å²) in [5, 5.41) is 10.1. The molecule has 4 saturated carbocycles. The minimum absolute atomic E-state index is 0.0133. The Morgan fingerprint density at radius 2 is 1.53 bits per heavy atom. The van der Waals surface area contributed by atoms with E-state index in [1.807, 2.05) is 0 Å². The Balaban J connectivity index is 1.89.